The third kappa shape index (κ3) is 3.95. The Hall–Kier alpha value is -1.59. The number of rotatable bonds is 5. The fourth-order valence-corrected chi connectivity index (χ4v) is 2.42. The van der Waals surface area contributed by atoms with Gasteiger partial charge in [-0.3, -0.25) is 4.90 Å². The highest BCUT2D eigenvalue weighted by Crippen LogP contribution is 2.15. The van der Waals surface area contributed by atoms with Crippen LogP contribution in [0, 0.1) is 0 Å². The molecule has 1 aromatic carbocycles. The molecule has 1 heterocycles. The normalized spacial score (nSPS) is 18.6. The fraction of sp³-hybridized carbons (Fsp3) is 0.533. The average molecular weight is 278 g/mol. The van der Waals surface area contributed by atoms with Crippen LogP contribution in [0.25, 0.3) is 0 Å². The molecule has 1 aromatic rings. The third-order valence-corrected chi connectivity index (χ3v) is 3.70. The molecule has 20 heavy (non-hydrogen) atoms. The first-order chi connectivity index (χ1) is 9.70. The molecule has 0 aromatic heterocycles. The SMILES string of the molecule is CN(CCO)[C@@H]1CCN(C(=O)OCc2ccccc2)C1. The highest BCUT2D eigenvalue weighted by atomic mass is 16.6. The van der Waals surface area contributed by atoms with Gasteiger partial charge in [-0.05, 0) is 19.0 Å². The molecule has 0 unspecified atom stereocenters. The summed E-state index contributed by atoms with van der Waals surface area (Å²) in [6.07, 6.45) is 0.672. The van der Waals surface area contributed by atoms with Crippen LogP contribution in [0.1, 0.15) is 12.0 Å². The molecular formula is C15H22N2O3. The molecule has 2 rings (SSSR count). The number of hydrogen-bond donors (Lipinski definition) is 1. The second-order valence-corrected chi connectivity index (χ2v) is 5.13. The number of aliphatic hydroxyl groups is 1. The summed E-state index contributed by atoms with van der Waals surface area (Å²) in [6.45, 7) is 2.48. The average Bonchev–Trinajstić information content (AvgIpc) is 2.96. The zero-order chi connectivity index (χ0) is 14.4. The van der Waals surface area contributed by atoms with E-state index in [4.69, 9.17) is 9.84 Å². The number of hydrogen-bond acceptors (Lipinski definition) is 4. The first kappa shape index (κ1) is 14.8. The summed E-state index contributed by atoms with van der Waals surface area (Å²) in [7, 11) is 1.97. The Labute approximate surface area is 119 Å². The smallest absolute Gasteiger partial charge is 0.410 e. The van der Waals surface area contributed by atoms with Crippen molar-refractivity contribution in [1.29, 1.82) is 0 Å². The van der Waals surface area contributed by atoms with Crippen molar-refractivity contribution in [3.8, 4) is 0 Å². The van der Waals surface area contributed by atoms with Crippen molar-refractivity contribution in [1.82, 2.24) is 9.80 Å². The molecule has 5 nitrogen and oxygen atoms in total. The van der Waals surface area contributed by atoms with Crippen molar-refractivity contribution in [3.05, 3.63) is 35.9 Å². The van der Waals surface area contributed by atoms with Crippen LogP contribution in [0.15, 0.2) is 30.3 Å². The van der Waals surface area contributed by atoms with Gasteiger partial charge in [0.2, 0.25) is 0 Å². The minimum absolute atomic E-state index is 0.144. The quantitative estimate of drug-likeness (QED) is 0.882. The van der Waals surface area contributed by atoms with E-state index in [1.54, 1.807) is 4.90 Å². The lowest BCUT2D eigenvalue weighted by Crippen LogP contribution is -2.38. The Morgan fingerprint density at radius 2 is 2.20 bits per heavy atom. The lowest BCUT2D eigenvalue weighted by molar-refractivity contribution is 0.100. The minimum Gasteiger partial charge on any atom is -0.445 e. The predicted molar refractivity (Wildman–Crippen MR) is 76.3 cm³/mol. The van der Waals surface area contributed by atoms with Crippen LogP contribution in [0.3, 0.4) is 0 Å². The zero-order valence-electron chi connectivity index (χ0n) is 11.9. The number of amides is 1. The van der Waals surface area contributed by atoms with E-state index in [9.17, 15) is 4.79 Å². The number of aliphatic hydroxyl groups excluding tert-OH is 1. The van der Waals surface area contributed by atoms with Crippen molar-refractivity contribution >= 4 is 6.09 Å². The largest absolute Gasteiger partial charge is 0.445 e. The molecule has 110 valence electrons. The van der Waals surface area contributed by atoms with Crippen LogP contribution >= 0.6 is 0 Å². The Bertz CT molecular complexity index is 424. The van der Waals surface area contributed by atoms with Gasteiger partial charge in [0.25, 0.3) is 0 Å². The number of carbonyl (C=O) groups is 1. The molecule has 1 fully saturated rings. The lowest BCUT2D eigenvalue weighted by Gasteiger charge is -2.23. The Morgan fingerprint density at radius 3 is 2.90 bits per heavy atom. The van der Waals surface area contributed by atoms with E-state index < -0.39 is 0 Å². The Morgan fingerprint density at radius 1 is 1.45 bits per heavy atom. The molecule has 0 radical (unpaired) electrons. The Balaban J connectivity index is 1.77. The molecule has 1 aliphatic heterocycles. The monoisotopic (exact) mass is 278 g/mol. The van der Waals surface area contributed by atoms with E-state index in [1.807, 2.05) is 37.4 Å². The van der Waals surface area contributed by atoms with E-state index in [1.165, 1.54) is 0 Å². The van der Waals surface area contributed by atoms with Crippen LogP contribution in [-0.4, -0.2) is 60.3 Å². The topological polar surface area (TPSA) is 53.0 Å². The predicted octanol–water partition coefficient (Wildman–Crippen LogP) is 1.32. The number of likely N-dealkylation sites (N-methyl/N-ethyl adjacent to an activating group) is 1. The molecule has 0 bridgehead atoms. The third-order valence-electron chi connectivity index (χ3n) is 3.70. The highest BCUT2D eigenvalue weighted by Gasteiger charge is 2.29. The van der Waals surface area contributed by atoms with Crippen molar-refractivity contribution < 1.29 is 14.6 Å². The van der Waals surface area contributed by atoms with Crippen molar-refractivity contribution in [2.75, 3.05) is 33.3 Å². The summed E-state index contributed by atoms with van der Waals surface area (Å²) >= 11 is 0. The molecule has 0 spiro atoms. The van der Waals surface area contributed by atoms with Gasteiger partial charge in [0, 0.05) is 25.7 Å². The van der Waals surface area contributed by atoms with E-state index in [0.717, 1.165) is 12.0 Å². The summed E-state index contributed by atoms with van der Waals surface area (Å²) in [4.78, 5) is 15.8. The standard InChI is InChI=1S/C15H22N2O3/c1-16(9-10-18)14-7-8-17(11-14)15(19)20-12-13-5-3-2-4-6-13/h2-6,14,18H,7-12H2,1H3/t14-/m1/s1. The number of benzene rings is 1. The van der Waals surface area contributed by atoms with Crippen LogP contribution in [0.4, 0.5) is 4.79 Å². The van der Waals surface area contributed by atoms with Crippen molar-refractivity contribution in [2.45, 2.75) is 19.1 Å². The first-order valence-electron chi connectivity index (χ1n) is 6.97. The number of ether oxygens (including phenoxy) is 1. The molecule has 1 atom stereocenters. The first-order valence-corrected chi connectivity index (χ1v) is 6.97. The van der Waals surface area contributed by atoms with E-state index >= 15 is 0 Å². The summed E-state index contributed by atoms with van der Waals surface area (Å²) < 4.78 is 5.32. The van der Waals surface area contributed by atoms with Gasteiger partial charge >= 0.3 is 6.09 Å². The molecular weight excluding hydrogens is 256 g/mol. The van der Waals surface area contributed by atoms with Gasteiger partial charge in [0.1, 0.15) is 6.61 Å². The maximum Gasteiger partial charge on any atom is 0.410 e. The summed E-state index contributed by atoms with van der Waals surface area (Å²) in [6, 6.07) is 9.99. The molecule has 1 amide bonds. The minimum atomic E-state index is -0.256. The van der Waals surface area contributed by atoms with Gasteiger partial charge in [-0.25, -0.2) is 4.79 Å². The molecule has 5 heteroatoms. The van der Waals surface area contributed by atoms with Crippen LogP contribution in [0.2, 0.25) is 0 Å². The molecule has 1 aliphatic rings. The van der Waals surface area contributed by atoms with Crippen molar-refractivity contribution in [2.24, 2.45) is 0 Å². The molecule has 0 saturated carbocycles. The maximum absolute atomic E-state index is 12.0. The van der Waals surface area contributed by atoms with Gasteiger partial charge < -0.3 is 14.7 Å². The fourth-order valence-electron chi connectivity index (χ4n) is 2.42. The van der Waals surface area contributed by atoms with Crippen molar-refractivity contribution in [3.63, 3.8) is 0 Å². The van der Waals surface area contributed by atoms with E-state index in [-0.39, 0.29) is 12.7 Å². The van der Waals surface area contributed by atoms with Gasteiger partial charge in [-0.2, -0.15) is 0 Å². The summed E-state index contributed by atoms with van der Waals surface area (Å²) in [5, 5.41) is 8.94. The number of nitrogens with zero attached hydrogens (tertiary/aromatic N) is 2. The van der Waals surface area contributed by atoms with Gasteiger partial charge in [0.05, 0.1) is 6.61 Å². The summed E-state index contributed by atoms with van der Waals surface area (Å²) in [5.74, 6) is 0. The highest BCUT2D eigenvalue weighted by molar-refractivity contribution is 5.68. The van der Waals surface area contributed by atoms with Crippen LogP contribution < -0.4 is 0 Å². The molecule has 0 aliphatic carbocycles. The number of carbonyl (C=O) groups excluding carboxylic acids is 1. The van der Waals surface area contributed by atoms with Gasteiger partial charge in [0.15, 0.2) is 0 Å². The van der Waals surface area contributed by atoms with E-state index in [0.29, 0.717) is 32.3 Å². The van der Waals surface area contributed by atoms with Crippen LogP contribution in [0.5, 0.6) is 0 Å². The second-order valence-electron chi connectivity index (χ2n) is 5.13. The number of likely N-dealkylation sites (tertiary alicyclic amines) is 1. The zero-order valence-corrected chi connectivity index (χ0v) is 11.9. The van der Waals surface area contributed by atoms with Gasteiger partial charge in [-0.15, -0.1) is 0 Å². The lowest BCUT2D eigenvalue weighted by atomic mass is 10.2. The van der Waals surface area contributed by atoms with Crippen LogP contribution in [-0.2, 0) is 11.3 Å². The summed E-state index contributed by atoms with van der Waals surface area (Å²) in [5.41, 5.74) is 0.994. The Kier molecular flexibility index (Phi) is 5.38. The van der Waals surface area contributed by atoms with Gasteiger partial charge in [-0.1, -0.05) is 30.3 Å². The maximum atomic E-state index is 12.0. The van der Waals surface area contributed by atoms with E-state index in [2.05, 4.69) is 4.90 Å². The molecule has 1 N–H and O–H groups in total. The molecule has 1 saturated heterocycles. The second kappa shape index (κ2) is 7.26.